The summed E-state index contributed by atoms with van der Waals surface area (Å²) < 4.78 is 10.7. The normalized spacial score (nSPS) is 18.9. The summed E-state index contributed by atoms with van der Waals surface area (Å²) in [6.07, 6.45) is 2.99. The summed E-state index contributed by atoms with van der Waals surface area (Å²) in [7, 11) is 0. The Balaban J connectivity index is 1.41. The number of amides is 1. The van der Waals surface area contributed by atoms with Crippen molar-refractivity contribution >= 4 is 17.8 Å². The van der Waals surface area contributed by atoms with E-state index >= 15 is 0 Å². The molecule has 31 heavy (non-hydrogen) atoms. The molecule has 0 aromatic heterocycles. The van der Waals surface area contributed by atoms with Crippen molar-refractivity contribution in [2.24, 2.45) is 0 Å². The SMILES string of the molecule is N#CC1(NC(=O)COC(=O)c2ccc3c(c2)CC(c2ccccc2)OC3=O)CCCC1. The highest BCUT2D eigenvalue weighted by Gasteiger charge is 2.35. The van der Waals surface area contributed by atoms with E-state index in [2.05, 4.69) is 11.4 Å². The van der Waals surface area contributed by atoms with E-state index in [1.807, 2.05) is 30.3 Å². The molecule has 1 aliphatic carbocycles. The quantitative estimate of drug-likeness (QED) is 0.747. The lowest BCUT2D eigenvalue weighted by molar-refractivity contribution is -0.125. The van der Waals surface area contributed by atoms with Gasteiger partial charge in [-0.25, -0.2) is 9.59 Å². The fourth-order valence-corrected chi connectivity index (χ4v) is 4.14. The van der Waals surface area contributed by atoms with Crippen molar-refractivity contribution in [2.75, 3.05) is 6.61 Å². The van der Waals surface area contributed by atoms with Gasteiger partial charge in [0.2, 0.25) is 0 Å². The van der Waals surface area contributed by atoms with Gasteiger partial charge in [-0.15, -0.1) is 0 Å². The number of fused-ring (bicyclic) bond motifs is 1. The van der Waals surface area contributed by atoms with Crippen LogP contribution in [0.2, 0.25) is 0 Å². The minimum atomic E-state index is -0.859. The zero-order valence-electron chi connectivity index (χ0n) is 16.9. The van der Waals surface area contributed by atoms with E-state index in [4.69, 9.17) is 9.47 Å². The molecular weight excluding hydrogens is 396 g/mol. The number of benzene rings is 2. The van der Waals surface area contributed by atoms with Gasteiger partial charge in [-0.3, -0.25) is 4.79 Å². The summed E-state index contributed by atoms with van der Waals surface area (Å²) in [6, 6.07) is 16.2. The third-order valence-electron chi connectivity index (χ3n) is 5.77. The molecule has 1 N–H and O–H groups in total. The molecule has 1 fully saturated rings. The molecule has 1 unspecified atom stereocenters. The van der Waals surface area contributed by atoms with Gasteiger partial charge in [-0.05, 0) is 55.0 Å². The van der Waals surface area contributed by atoms with Crippen LogP contribution in [-0.2, 0) is 20.7 Å². The molecule has 0 spiro atoms. The highest BCUT2D eigenvalue weighted by molar-refractivity contribution is 5.96. The van der Waals surface area contributed by atoms with Gasteiger partial charge in [-0.2, -0.15) is 5.26 Å². The van der Waals surface area contributed by atoms with E-state index in [1.165, 1.54) is 6.07 Å². The second kappa shape index (κ2) is 8.60. The van der Waals surface area contributed by atoms with Gasteiger partial charge >= 0.3 is 11.9 Å². The third-order valence-corrected chi connectivity index (χ3v) is 5.77. The molecule has 1 heterocycles. The maximum absolute atomic E-state index is 12.5. The van der Waals surface area contributed by atoms with Gasteiger partial charge in [0.15, 0.2) is 6.61 Å². The Morgan fingerprint density at radius 2 is 1.90 bits per heavy atom. The van der Waals surface area contributed by atoms with Gasteiger partial charge in [0.1, 0.15) is 11.6 Å². The van der Waals surface area contributed by atoms with Crippen LogP contribution in [0.5, 0.6) is 0 Å². The molecule has 1 aliphatic heterocycles. The predicted molar refractivity (Wildman–Crippen MR) is 110 cm³/mol. The van der Waals surface area contributed by atoms with Crippen molar-refractivity contribution < 1.29 is 23.9 Å². The van der Waals surface area contributed by atoms with Crippen LogP contribution in [-0.4, -0.2) is 30.0 Å². The lowest BCUT2D eigenvalue weighted by Crippen LogP contribution is -2.46. The molecule has 7 heteroatoms. The van der Waals surface area contributed by atoms with Crippen LogP contribution >= 0.6 is 0 Å². The number of nitrogens with one attached hydrogen (secondary N) is 1. The van der Waals surface area contributed by atoms with Crippen LogP contribution in [0.15, 0.2) is 48.5 Å². The predicted octanol–water partition coefficient (Wildman–Crippen LogP) is 3.25. The fourth-order valence-electron chi connectivity index (χ4n) is 4.14. The zero-order valence-corrected chi connectivity index (χ0v) is 16.9. The Labute approximate surface area is 180 Å². The number of rotatable bonds is 5. The number of cyclic esters (lactones) is 1. The third kappa shape index (κ3) is 4.43. The van der Waals surface area contributed by atoms with Gasteiger partial charge in [0.05, 0.1) is 17.2 Å². The number of carbonyl (C=O) groups is 3. The Bertz CT molecular complexity index is 1050. The van der Waals surface area contributed by atoms with Crippen LogP contribution in [0.25, 0.3) is 0 Å². The molecule has 0 bridgehead atoms. The van der Waals surface area contributed by atoms with Gasteiger partial charge in [0.25, 0.3) is 5.91 Å². The summed E-state index contributed by atoms with van der Waals surface area (Å²) in [4.78, 5) is 37.0. The molecule has 2 aromatic carbocycles. The monoisotopic (exact) mass is 418 g/mol. The van der Waals surface area contributed by atoms with Crippen LogP contribution in [0, 0.1) is 11.3 Å². The first kappa shape index (κ1) is 20.6. The number of hydrogen-bond donors (Lipinski definition) is 1. The van der Waals surface area contributed by atoms with E-state index in [9.17, 15) is 19.6 Å². The van der Waals surface area contributed by atoms with Gasteiger partial charge in [-0.1, -0.05) is 30.3 Å². The molecule has 1 saturated carbocycles. The average Bonchev–Trinajstić information content (AvgIpc) is 3.26. The highest BCUT2D eigenvalue weighted by atomic mass is 16.5. The fraction of sp³-hybridized carbons (Fsp3) is 0.333. The van der Waals surface area contributed by atoms with Crippen LogP contribution in [0.1, 0.15) is 63.6 Å². The van der Waals surface area contributed by atoms with Crippen molar-refractivity contribution in [1.82, 2.24) is 5.32 Å². The summed E-state index contributed by atoms with van der Waals surface area (Å²) >= 11 is 0. The van der Waals surface area contributed by atoms with Gasteiger partial charge < -0.3 is 14.8 Å². The number of carbonyl (C=O) groups excluding carboxylic acids is 3. The maximum Gasteiger partial charge on any atom is 0.339 e. The molecule has 1 amide bonds. The number of nitrogens with zero attached hydrogens (tertiary/aromatic N) is 1. The second-order valence-corrected chi connectivity index (χ2v) is 7.91. The van der Waals surface area contributed by atoms with Crippen LogP contribution in [0.3, 0.4) is 0 Å². The summed E-state index contributed by atoms with van der Waals surface area (Å²) in [5, 5.41) is 12.0. The Kier molecular flexibility index (Phi) is 5.72. The first-order valence-electron chi connectivity index (χ1n) is 10.3. The lowest BCUT2D eigenvalue weighted by atomic mass is 9.93. The van der Waals surface area contributed by atoms with Crippen LogP contribution < -0.4 is 5.32 Å². The molecule has 1 atom stereocenters. The van der Waals surface area contributed by atoms with Crippen molar-refractivity contribution in [2.45, 2.75) is 43.7 Å². The molecule has 0 radical (unpaired) electrons. The molecule has 158 valence electrons. The highest BCUT2D eigenvalue weighted by Crippen LogP contribution is 2.31. The largest absolute Gasteiger partial charge is 0.454 e. The molecule has 4 rings (SSSR count). The molecule has 2 aliphatic rings. The molecule has 0 saturated heterocycles. The average molecular weight is 418 g/mol. The topological polar surface area (TPSA) is 105 Å². The van der Waals surface area contributed by atoms with E-state index in [-0.39, 0.29) is 5.56 Å². The van der Waals surface area contributed by atoms with Crippen molar-refractivity contribution in [3.8, 4) is 6.07 Å². The van der Waals surface area contributed by atoms with E-state index in [0.717, 1.165) is 18.4 Å². The Morgan fingerprint density at radius 1 is 1.16 bits per heavy atom. The number of nitriles is 1. The molecule has 2 aromatic rings. The number of hydrogen-bond acceptors (Lipinski definition) is 6. The van der Waals surface area contributed by atoms with E-state index < -0.39 is 36.1 Å². The summed E-state index contributed by atoms with van der Waals surface area (Å²) in [6.45, 7) is -0.464. The molecule has 7 nitrogen and oxygen atoms in total. The summed E-state index contributed by atoms with van der Waals surface area (Å²) in [5.74, 6) is -1.60. The van der Waals surface area contributed by atoms with Gasteiger partial charge in [0, 0.05) is 6.42 Å². The standard InChI is InChI=1S/C24H22N2O5/c25-15-24(10-4-5-11-24)26-21(27)14-30-22(28)17-8-9-19-18(12-17)13-20(31-23(19)29)16-6-2-1-3-7-16/h1-3,6-9,12,20H,4-5,10-11,13-14H2,(H,26,27). The van der Waals surface area contributed by atoms with E-state index in [0.29, 0.717) is 30.4 Å². The van der Waals surface area contributed by atoms with Crippen molar-refractivity contribution in [3.63, 3.8) is 0 Å². The minimum Gasteiger partial charge on any atom is -0.454 e. The number of ether oxygens (including phenoxy) is 2. The maximum atomic E-state index is 12.5. The molecular formula is C24H22N2O5. The smallest absolute Gasteiger partial charge is 0.339 e. The summed E-state index contributed by atoms with van der Waals surface area (Å²) in [5.41, 5.74) is 1.38. The Morgan fingerprint density at radius 3 is 2.61 bits per heavy atom. The number of esters is 2. The zero-order chi connectivity index (χ0) is 21.8. The van der Waals surface area contributed by atoms with Crippen LogP contribution in [0.4, 0.5) is 0 Å². The Hall–Kier alpha value is -3.66. The first-order chi connectivity index (χ1) is 15.0. The second-order valence-electron chi connectivity index (χ2n) is 7.91. The van der Waals surface area contributed by atoms with Crippen molar-refractivity contribution in [1.29, 1.82) is 5.26 Å². The van der Waals surface area contributed by atoms with E-state index in [1.54, 1.807) is 12.1 Å². The minimum absolute atomic E-state index is 0.254. The lowest BCUT2D eigenvalue weighted by Gasteiger charge is -2.25. The van der Waals surface area contributed by atoms with Crippen molar-refractivity contribution in [3.05, 3.63) is 70.8 Å². The first-order valence-corrected chi connectivity index (χ1v) is 10.3.